The molecule has 0 aliphatic carbocycles. The molecule has 2 aliphatic heterocycles. The number of aliphatic hydroxyl groups excluding tert-OH is 1. The van der Waals surface area contributed by atoms with E-state index < -0.39 is 23.8 Å². The third-order valence-electron chi connectivity index (χ3n) is 5.56. The monoisotopic (exact) mass is 475 g/mol. The lowest BCUT2D eigenvalue weighted by molar-refractivity contribution is -0.137. The fraction of sp³-hybridized carbons (Fsp3) is 0.333. The normalized spacial score (nSPS) is 17.7. The third kappa shape index (κ3) is 5.33. The lowest BCUT2D eigenvalue weighted by Crippen LogP contribution is -2.42. The number of hydrogen-bond donors (Lipinski definition) is 3. The number of hydrogen-bond acceptors (Lipinski definition) is 4. The number of carbonyl (C=O) groups is 2. The van der Waals surface area contributed by atoms with Gasteiger partial charge in [0.2, 0.25) is 5.91 Å². The van der Waals surface area contributed by atoms with Crippen LogP contribution in [0.4, 0.5) is 29.3 Å². The fourth-order valence-corrected chi connectivity index (χ4v) is 4.00. The minimum absolute atomic E-state index is 0.101. The summed E-state index contributed by atoms with van der Waals surface area (Å²) in [6, 6.07) is 8.05. The zero-order valence-electron chi connectivity index (χ0n) is 18.4. The number of nitrogens with zero attached hydrogens (tertiary/aromatic N) is 1. The van der Waals surface area contributed by atoms with Crippen LogP contribution in [0, 0.1) is 0 Å². The number of urea groups is 1. The van der Waals surface area contributed by atoms with Gasteiger partial charge in [-0.25, -0.2) is 4.79 Å². The minimum atomic E-state index is -4.48. The molecule has 7 nitrogen and oxygen atoms in total. The van der Waals surface area contributed by atoms with Crippen LogP contribution < -0.4 is 15.4 Å². The molecule has 2 heterocycles. The Morgan fingerprint density at radius 1 is 1.29 bits per heavy atom. The molecule has 2 aromatic carbocycles. The van der Waals surface area contributed by atoms with Crippen molar-refractivity contribution in [3.63, 3.8) is 0 Å². The molecule has 0 fully saturated rings. The van der Waals surface area contributed by atoms with E-state index in [9.17, 15) is 27.9 Å². The zero-order valence-corrected chi connectivity index (χ0v) is 18.4. The van der Waals surface area contributed by atoms with Gasteiger partial charge in [-0.3, -0.25) is 4.79 Å². The smallest absolute Gasteiger partial charge is 0.416 e. The minimum Gasteiger partial charge on any atom is -0.493 e. The highest BCUT2D eigenvalue weighted by atomic mass is 19.4. The summed E-state index contributed by atoms with van der Waals surface area (Å²) in [4.78, 5) is 26.4. The molecule has 34 heavy (non-hydrogen) atoms. The number of ether oxygens (including phenoxy) is 1. The summed E-state index contributed by atoms with van der Waals surface area (Å²) in [5.74, 6) is -0.342. The highest BCUT2D eigenvalue weighted by molar-refractivity contribution is 6.05. The molecule has 2 aliphatic rings. The molecule has 0 saturated heterocycles. The first-order valence-corrected chi connectivity index (χ1v) is 10.8. The average molecular weight is 475 g/mol. The molecule has 4 rings (SSSR count). The van der Waals surface area contributed by atoms with Crippen molar-refractivity contribution in [1.29, 1.82) is 0 Å². The van der Waals surface area contributed by atoms with Crippen molar-refractivity contribution >= 4 is 28.9 Å². The molecule has 10 heteroatoms. The number of fused-ring (bicyclic) bond motifs is 2. The van der Waals surface area contributed by atoms with Gasteiger partial charge in [0.1, 0.15) is 5.75 Å². The van der Waals surface area contributed by atoms with E-state index in [0.717, 1.165) is 17.7 Å². The summed E-state index contributed by atoms with van der Waals surface area (Å²) in [5.41, 5.74) is 2.09. The molecule has 0 saturated carbocycles. The van der Waals surface area contributed by atoms with E-state index in [2.05, 4.69) is 10.6 Å². The summed E-state index contributed by atoms with van der Waals surface area (Å²) >= 11 is 0. The van der Waals surface area contributed by atoms with Gasteiger partial charge in [0.05, 0.1) is 18.3 Å². The van der Waals surface area contributed by atoms with Crippen LogP contribution in [0.25, 0.3) is 5.57 Å². The molecule has 0 spiro atoms. The van der Waals surface area contributed by atoms with Crippen LogP contribution in [0.2, 0.25) is 0 Å². The van der Waals surface area contributed by atoms with E-state index in [1.165, 1.54) is 17.0 Å². The summed E-state index contributed by atoms with van der Waals surface area (Å²) in [6.07, 6.45) is -2.74. The predicted molar refractivity (Wildman–Crippen MR) is 120 cm³/mol. The second-order valence-corrected chi connectivity index (χ2v) is 8.35. The highest BCUT2D eigenvalue weighted by Gasteiger charge is 2.32. The van der Waals surface area contributed by atoms with Crippen LogP contribution in [0.15, 0.2) is 42.5 Å². The van der Waals surface area contributed by atoms with Crippen molar-refractivity contribution in [2.75, 3.05) is 23.8 Å². The van der Waals surface area contributed by atoms with Crippen molar-refractivity contribution in [1.82, 2.24) is 4.90 Å². The first-order chi connectivity index (χ1) is 16.1. The summed E-state index contributed by atoms with van der Waals surface area (Å²) in [7, 11) is 0. The Morgan fingerprint density at radius 2 is 2.09 bits per heavy atom. The number of anilines is 2. The molecule has 2 aromatic rings. The van der Waals surface area contributed by atoms with Crippen LogP contribution in [0.1, 0.15) is 36.5 Å². The molecule has 0 unspecified atom stereocenters. The summed E-state index contributed by atoms with van der Waals surface area (Å²) in [5, 5.41) is 15.0. The second-order valence-electron chi connectivity index (χ2n) is 8.35. The van der Waals surface area contributed by atoms with Gasteiger partial charge in [-0.2, -0.15) is 13.2 Å². The van der Waals surface area contributed by atoms with Crippen molar-refractivity contribution < 1.29 is 32.6 Å². The molecule has 180 valence electrons. The van der Waals surface area contributed by atoms with Gasteiger partial charge >= 0.3 is 12.2 Å². The Labute approximate surface area is 194 Å². The summed E-state index contributed by atoms with van der Waals surface area (Å²) < 4.78 is 44.7. The van der Waals surface area contributed by atoms with Crippen LogP contribution in [0.5, 0.6) is 5.75 Å². The molecule has 0 bridgehead atoms. The Hall–Kier alpha value is -3.53. The van der Waals surface area contributed by atoms with Gasteiger partial charge in [0.15, 0.2) is 0 Å². The Kier molecular flexibility index (Phi) is 6.52. The zero-order chi connectivity index (χ0) is 24.5. The Bertz CT molecular complexity index is 1140. The highest BCUT2D eigenvalue weighted by Crippen LogP contribution is 2.38. The molecule has 3 amide bonds. The number of alkyl halides is 3. The average Bonchev–Trinajstić information content (AvgIpc) is 2.95. The van der Waals surface area contributed by atoms with Gasteiger partial charge in [0, 0.05) is 36.1 Å². The molecular weight excluding hydrogens is 451 g/mol. The van der Waals surface area contributed by atoms with Crippen LogP contribution in [-0.4, -0.2) is 41.2 Å². The fourth-order valence-electron chi connectivity index (χ4n) is 4.00. The lowest BCUT2D eigenvalue weighted by atomic mass is 9.99. The number of allylic oxidation sites excluding steroid dienone is 1. The molecular formula is C24H24F3N3O4. The topological polar surface area (TPSA) is 90.9 Å². The molecule has 0 aromatic heterocycles. The first kappa shape index (κ1) is 23.6. The van der Waals surface area contributed by atoms with E-state index in [-0.39, 0.29) is 24.9 Å². The van der Waals surface area contributed by atoms with Crippen molar-refractivity contribution in [2.45, 2.75) is 38.6 Å². The Balaban J connectivity index is 1.51. The largest absolute Gasteiger partial charge is 0.493 e. The maximum absolute atomic E-state index is 13.1. The van der Waals surface area contributed by atoms with Crippen LogP contribution in [-0.2, 0) is 17.5 Å². The van der Waals surface area contributed by atoms with Crippen molar-refractivity contribution in [3.8, 4) is 5.75 Å². The van der Waals surface area contributed by atoms with Gasteiger partial charge < -0.3 is 25.4 Å². The number of halogens is 3. The molecule has 1 atom stereocenters. The van der Waals surface area contributed by atoms with Crippen molar-refractivity contribution in [3.05, 3.63) is 59.2 Å². The number of carbonyl (C=O) groups excluding carboxylic acids is 2. The predicted octanol–water partition coefficient (Wildman–Crippen LogP) is 4.63. The Morgan fingerprint density at radius 3 is 2.82 bits per heavy atom. The number of aliphatic hydroxyl groups is 1. The quantitative estimate of drug-likeness (QED) is 0.563. The maximum Gasteiger partial charge on any atom is 0.416 e. The first-order valence-electron chi connectivity index (χ1n) is 10.8. The van der Waals surface area contributed by atoms with E-state index in [0.29, 0.717) is 41.9 Å². The number of nitrogens with one attached hydrogen (secondary N) is 2. The molecule has 0 radical (unpaired) electrons. The third-order valence-corrected chi connectivity index (χ3v) is 5.56. The van der Waals surface area contributed by atoms with Crippen LogP contribution >= 0.6 is 0 Å². The second kappa shape index (κ2) is 9.38. The maximum atomic E-state index is 13.1. The number of β-amino-alcohol motifs (C(OH)–C–C–N with tert-alkyl or cyclic N) is 1. The van der Waals surface area contributed by atoms with Gasteiger partial charge in [-0.05, 0) is 55.2 Å². The van der Waals surface area contributed by atoms with E-state index in [1.807, 2.05) is 0 Å². The number of amides is 3. The van der Waals surface area contributed by atoms with Gasteiger partial charge in [-0.1, -0.05) is 12.1 Å². The van der Waals surface area contributed by atoms with E-state index in [1.54, 1.807) is 25.1 Å². The van der Waals surface area contributed by atoms with E-state index >= 15 is 0 Å². The number of benzene rings is 2. The van der Waals surface area contributed by atoms with Crippen molar-refractivity contribution in [2.24, 2.45) is 0 Å². The van der Waals surface area contributed by atoms with Gasteiger partial charge in [0.25, 0.3) is 0 Å². The van der Waals surface area contributed by atoms with E-state index in [4.69, 9.17) is 4.74 Å². The SMILES string of the molecule is C[C@@H](O)CN1Cc2ccc(NC(=O)C=C3CCCOc4cc(C(F)(F)F)ccc43)cc2NC1=O. The lowest BCUT2D eigenvalue weighted by Gasteiger charge is -2.30. The van der Waals surface area contributed by atoms with Gasteiger partial charge in [-0.15, -0.1) is 0 Å². The number of rotatable bonds is 4. The van der Waals surface area contributed by atoms with Crippen LogP contribution in [0.3, 0.4) is 0 Å². The summed E-state index contributed by atoms with van der Waals surface area (Å²) in [6.45, 7) is 2.39. The standard InChI is InChI=1S/C24H24F3N3O4/c1-14(31)12-30-13-16-4-6-18(11-20(16)29-23(30)33)28-22(32)9-15-3-2-8-34-21-10-17(24(25,26)27)5-7-19(15)21/h4-7,9-11,14,31H,2-3,8,12-13H2,1H3,(H,28,32)(H,29,33)/t14-/m1/s1. The molecule has 3 N–H and O–H groups in total.